The van der Waals surface area contributed by atoms with E-state index in [1.807, 2.05) is 6.07 Å². The zero-order chi connectivity index (χ0) is 20.6. The van der Waals surface area contributed by atoms with Crippen LogP contribution < -0.4 is 9.46 Å². The number of rotatable bonds is 5. The van der Waals surface area contributed by atoms with E-state index in [1.165, 1.54) is 31.4 Å². The molecular formula is C20H15ClFN3O3S. The van der Waals surface area contributed by atoms with E-state index >= 15 is 0 Å². The van der Waals surface area contributed by atoms with Crippen molar-refractivity contribution >= 4 is 38.3 Å². The van der Waals surface area contributed by atoms with Crippen LogP contribution in [0.4, 0.5) is 10.2 Å². The van der Waals surface area contributed by atoms with Gasteiger partial charge in [-0.1, -0.05) is 41.9 Å². The molecule has 0 bridgehead atoms. The molecule has 4 rings (SSSR count). The van der Waals surface area contributed by atoms with E-state index < -0.39 is 15.8 Å². The van der Waals surface area contributed by atoms with Crippen molar-refractivity contribution in [2.24, 2.45) is 0 Å². The van der Waals surface area contributed by atoms with Crippen LogP contribution in [0.2, 0.25) is 5.02 Å². The van der Waals surface area contributed by atoms with Crippen LogP contribution in [0.3, 0.4) is 0 Å². The number of anilines is 1. The maximum absolute atomic E-state index is 14.8. The van der Waals surface area contributed by atoms with E-state index in [4.69, 9.17) is 16.3 Å². The molecule has 0 aliphatic carbocycles. The Morgan fingerprint density at radius 2 is 1.79 bits per heavy atom. The van der Waals surface area contributed by atoms with Gasteiger partial charge in [-0.3, -0.25) is 9.82 Å². The van der Waals surface area contributed by atoms with Crippen molar-refractivity contribution in [3.63, 3.8) is 0 Å². The monoisotopic (exact) mass is 431 g/mol. The molecule has 9 heteroatoms. The Kier molecular flexibility index (Phi) is 4.89. The van der Waals surface area contributed by atoms with Crippen molar-refractivity contribution in [1.82, 2.24) is 10.2 Å². The summed E-state index contributed by atoms with van der Waals surface area (Å²) in [5.74, 6) is -0.202. The number of nitrogens with one attached hydrogen (secondary N) is 2. The second kappa shape index (κ2) is 7.38. The molecule has 6 nitrogen and oxygen atoms in total. The van der Waals surface area contributed by atoms with Crippen LogP contribution in [0, 0.1) is 5.82 Å². The van der Waals surface area contributed by atoms with Crippen molar-refractivity contribution in [2.75, 3.05) is 11.8 Å². The molecule has 1 heterocycles. The van der Waals surface area contributed by atoms with E-state index in [0.29, 0.717) is 16.9 Å². The quantitative estimate of drug-likeness (QED) is 0.474. The van der Waals surface area contributed by atoms with Gasteiger partial charge in [-0.05, 0) is 35.9 Å². The van der Waals surface area contributed by atoms with Gasteiger partial charge in [-0.2, -0.15) is 5.10 Å². The Labute approximate surface area is 171 Å². The zero-order valence-electron chi connectivity index (χ0n) is 15.1. The largest absolute Gasteiger partial charge is 0.497 e. The summed E-state index contributed by atoms with van der Waals surface area (Å²) >= 11 is 6.20. The van der Waals surface area contributed by atoms with Gasteiger partial charge in [0.2, 0.25) is 0 Å². The minimum absolute atomic E-state index is 0.0158. The van der Waals surface area contributed by atoms with Gasteiger partial charge in [-0.25, -0.2) is 12.8 Å². The Hall–Kier alpha value is -3.10. The molecule has 148 valence electrons. The molecule has 4 aromatic rings. The maximum Gasteiger partial charge on any atom is 0.263 e. The summed E-state index contributed by atoms with van der Waals surface area (Å²) in [6, 6.07) is 16.5. The summed E-state index contributed by atoms with van der Waals surface area (Å²) in [7, 11) is -2.46. The lowest BCUT2D eigenvalue weighted by Crippen LogP contribution is -2.13. The molecule has 29 heavy (non-hydrogen) atoms. The predicted molar refractivity (Wildman–Crippen MR) is 110 cm³/mol. The Morgan fingerprint density at radius 3 is 2.45 bits per heavy atom. The van der Waals surface area contributed by atoms with E-state index in [1.54, 1.807) is 30.3 Å². The van der Waals surface area contributed by atoms with Gasteiger partial charge in [0.1, 0.15) is 11.3 Å². The highest BCUT2D eigenvalue weighted by Gasteiger charge is 2.21. The number of hydrogen-bond donors (Lipinski definition) is 2. The molecule has 3 aromatic carbocycles. The smallest absolute Gasteiger partial charge is 0.263 e. The predicted octanol–water partition coefficient (Wildman–Crippen LogP) is 4.83. The summed E-state index contributed by atoms with van der Waals surface area (Å²) < 4.78 is 47.7. The Morgan fingerprint density at radius 1 is 1.10 bits per heavy atom. The number of H-pyrrole nitrogens is 1. The first kappa shape index (κ1) is 19.2. The molecule has 0 radical (unpaired) electrons. The number of fused-ring (bicyclic) bond motifs is 1. The summed E-state index contributed by atoms with van der Waals surface area (Å²) in [5, 5.41) is 6.64. The van der Waals surface area contributed by atoms with Crippen LogP contribution in [0.1, 0.15) is 0 Å². The first-order chi connectivity index (χ1) is 13.9. The molecule has 0 saturated carbocycles. The fourth-order valence-electron chi connectivity index (χ4n) is 2.94. The molecule has 0 fully saturated rings. The lowest BCUT2D eigenvalue weighted by Gasteiger charge is -2.09. The van der Waals surface area contributed by atoms with Crippen LogP contribution in [0.25, 0.3) is 22.0 Å². The van der Waals surface area contributed by atoms with Crippen molar-refractivity contribution in [3.8, 4) is 16.9 Å². The van der Waals surface area contributed by atoms with Crippen LogP contribution in [-0.4, -0.2) is 25.7 Å². The third-order valence-corrected chi connectivity index (χ3v) is 6.15. The topological polar surface area (TPSA) is 84.1 Å². The highest BCUT2D eigenvalue weighted by atomic mass is 35.5. The molecule has 0 saturated heterocycles. The summed E-state index contributed by atoms with van der Waals surface area (Å²) in [6.07, 6.45) is 0. The van der Waals surface area contributed by atoms with Gasteiger partial charge in [0.05, 0.1) is 17.0 Å². The fourth-order valence-corrected chi connectivity index (χ4v) is 4.22. The number of hydrogen-bond acceptors (Lipinski definition) is 4. The van der Waals surface area contributed by atoms with Gasteiger partial charge < -0.3 is 4.74 Å². The SMILES string of the molecule is COc1ccc(S(=O)(=O)Nc2n[nH]c3c(F)c(Cl)c(-c4ccccc4)cc23)cc1. The number of nitrogens with zero attached hydrogens (tertiary/aromatic N) is 1. The Bertz CT molecular complexity index is 1290. The highest BCUT2D eigenvalue weighted by molar-refractivity contribution is 7.92. The van der Waals surface area contributed by atoms with Crippen LogP contribution >= 0.6 is 11.6 Å². The van der Waals surface area contributed by atoms with Gasteiger partial charge in [0.15, 0.2) is 11.6 Å². The molecule has 0 spiro atoms. The van der Waals surface area contributed by atoms with E-state index in [9.17, 15) is 12.8 Å². The molecule has 0 unspecified atom stereocenters. The van der Waals surface area contributed by atoms with E-state index in [0.717, 1.165) is 0 Å². The molecule has 0 atom stereocenters. The second-order valence-electron chi connectivity index (χ2n) is 6.19. The lowest BCUT2D eigenvalue weighted by molar-refractivity contribution is 0.414. The van der Waals surface area contributed by atoms with Crippen LogP contribution in [0.5, 0.6) is 5.75 Å². The molecule has 0 aliphatic rings. The number of halogens is 2. The highest BCUT2D eigenvalue weighted by Crippen LogP contribution is 2.37. The number of methoxy groups -OCH3 is 1. The third kappa shape index (κ3) is 3.52. The molecule has 0 amide bonds. The van der Waals surface area contributed by atoms with Crippen molar-refractivity contribution < 1.29 is 17.5 Å². The number of ether oxygens (including phenoxy) is 1. The van der Waals surface area contributed by atoms with E-state index in [-0.39, 0.29) is 26.6 Å². The average Bonchev–Trinajstić information content (AvgIpc) is 3.13. The zero-order valence-corrected chi connectivity index (χ0v) is 16.7. The van der Waals surface area contributed by atoms with Crippen molar-refractivity contribution in [2.45, 2.75) is 4.90 Å². The number of aromatic amines is 1. The summed E-state index contributed by atoms with van der Waals surface area (Å²) in [5.41, 5.74) is 1.15. The number of aromatic nitrogens is 2. The minimum atomic E-state index is -3.94. The van der Waals surface area contributed by atoms with Crippen LogP contribution in [0.15, 0.2) is 65.6 Å². The van der Waals surface area contributed by atoms with Crippen molar-refractivity contribution in [1.29, 1.82) is 0 Å². The third-order valence-electron chi connectivity index (χ3n) is 4.43. The van der Waals surface area contributed by atoms with Gasteiger partial charge >= 0.3 is 0 Å². The second-order valence-corrected chi connectivity index (χ2v) is 8.25. The maximum atomic E-state index is 14.8. The number of sulfonamides is 1. The van der Waals surface area contributed by atoms with Gasteiger partial charge in [-0.15, -0.1) is 0 Å². The fraction of sp³-hybridized carbons (Fsp3) is 0.0500. The van der Waals surface area contributed by atoms with Crippen LogP contribution in [-0.2, 0) is 10.0 Å². The lowest BCUT2D eigenvalue weighted by atomic mass is 10.0. The normalized spacial score (nSPS) is 11.6. The number of benzene rings is 3. The summed E-state index contributed by atoms with van der Waals surface area (Å²) in [6.45, 7) is 0. The standard InChI is InChI=1S/C20H15ClFN3O3S/c1-28-13-7-9-14(10-8-13)29(26,27)25-20-16-11-15(12-5-3-2-4-6-12)17(21)18(22)19(16)23-24-20/h2-11H,1H3,(H2,23,24,25). The minimum Gasteiger partial charge on any atom is -0.497 e. The average molecular weight is 432 g/mol. The van der Waals surface area contributed by atoms with Gasteiger partial charge in [0.25, 0.3) is 10.0 Å². The molecule has 0 aliphatic heterocycles. The first-order valence-electron chi connectivity index (χ1n) is 8.49. The summed E-state index contributed by atoms with van der Waals surface area (Å²) in [4.78, 5) is 0.0205. The molecular weight excluding hydrogens is 417 g/mol. The first-order valence-corrected chi connectivity index (χ1v) is 10.3. The van der Waals surface area contributed by atoms with Crippen molar-refractivity contribution in [3.05, 3.63) is 71.5 Å². The van der Waals surface area contributed by atoms with Gasteiger partial charge in [0, 0.05) is 10.9 Å². The van der Waals surface area contributed by atoms with E-state index in [2.05, 4.69) is 14.9 Å². The molecule has 2 N–H and O–H groups in total. The molecule has 1 aromatic heterocycles. The Balaban J connectivity index is 1.79.